The number of pyridine rings is 1. The van der Waals surface area contributed by atoms with Crippen LogP contribution < -0.4 is 5.32 Å². The quantitative estimate of drug-likeness (QED) is 0.521. The summed E-state index contributed by atoms with van der Waals surface area (Å²) in [7, 11) is 0. The van der Waals surface area contributed by atoms with Crippen molar-refractivity contribution in [1.29, 1.82) is 0 Å². The molecule has 0 aliphatic heterocycles. The molecular formula is C20H27N5O2. The molecular weight excluding hydrogens is 342 g/mol. The fraction of sp³-hybridized carbons (Fsp3) is 0.600. The van der Waals surface area contributed by atoms with Crippen molar-refractivity contribution in [2.75, 3.05) is 11.9 Å². The second-order valence-electron chi connectivity index (χ2n) is 7.82. The van der Waals surface area contributed by atoms with Crippen molar-refractivity contribution >= 4 is 11.5 Å². The van der Waals surface area contributed by atoms with Crippen molar-refractivity contribution < 1.29 is 9.90 Å². The van der Waals surface area contributed by atoms with Crippen molar-refractivity contribution in [3.05, 3.63) is 29.5 Å². The van der Waals surface area contributed by atoms with Crippen LogP contribution in [-0.2, 0) is 12.0 Å². The van der Waals surface area contributed by atoms with E-state index in [-0.39, 0.29) is 17.8 Å². The molecule has 0 radical (unpaired) electrons. The predicted octanol–water partition coefficient (Wildman–Crippen LogP) is 3.01. The van der Waals surface area contributed by atoms with Crippen molar-refractivity contribution in [3.8, 4) is 5.82 Å². The Balaban J connectivity index is 1.82. The Morgan fingerprint density at radius 1 is 1.37 bits per heavy atom. The normalized spacial score (nSPS) is 17.7. The zero-order chi connectivity index (χ0) is 19.0. The molecule has 2 N–H and O–H groups in total. The van der Waals surface area contributed by atoms with Gasteiger partial charge in [-0.15, -0.1) is 10.2 Å². The molecule has 0 saturated heterocycles. The molecule has 27 heavy (non-hydrogen) atoms. The third-order valence-corrected chi connectivity index (χ3v) is 5.73. The summed E-state index contributed by atoms with van der Waals surface area (Å²) >= 11 is 0. The van der Waals surface area contributed by atoms with Crippen LogP contribution >= 0.6 is 0 Å². The lowest BCUT2D eigenvalue weighted by atomic mass is 9.99. The summed E-state index contributed by atoms with van der Waals surface area (Å²) in [5, 5.41) is 21.6. The summed E-state index contributed by atoms with van der Waals surface area (Å²) in [5.74, 6) is 2.39. The first-order valence-corrected chi connectivity index (χ1v) is 9.91. The molecule has 2 aromatic heterocycles. The Morgan fingerprint density at radius 2 is 2.15 bits per heavy atom. The average molecular weight is 369 g/mol. The number of aliphatic hydroxyl groups is 1. The van der Waals surface area contributed by atoms with E-state index in [1.807, 2.05) is 10.6 Å². The largest absolute Gasteiger partial charge is 0.392 e. The predicted molar refractivity (Wildman–Crippen MR) is 102 cm³/mol. The average Bonchev–Trinajstić information content (AvgIpc) is 3.58. The van der Waals surface area contributed by atoms with Crippen LogP contribution in [0.3, 0.4) is 0 Å². The van der Waals surface area contributed by atoms with Gasteiger partial charge in [0.2, 0.25) is 5.82 Å². The van der Waals surface area contributed by atoms with Crippen LogP contribution in [0.5, 0.6) is 0 Å². The molecule has 2 fully saturated rings. The highest BCUT2D eigenvalue weighted by molar-refractivity contribution is 5.91. The Morgan fingerprint density at radius 3 is 2.74 bits per heavy atom. The molecule has 144 valence electrons. The molecule has 0 amide bonds. The summed E-state index contributed by atoms with van der Waals surface area (Å²) in [6.45, 7) is 4.40. The standard InChI is InChI=1S/C20H27N5O2/c1-3-4-9-21-16-10-14(12-26)11-22-18(16)25-17(13(2)27)23-24-19(25)20(7-8-20)15-5-6-15/h10-11,15,21,26H,3-9,12H2,1-2H3. The Hall–Kier alpha value is -2.28. The lowest BCUT2D eigenvalue weighted by molar-refractivity contribution is 0.100. The third kappa shape index (κ3) is 3.25. The highest BCUT2D eigenvalue weighted by atomic mass is 16.3. The van der Waals surface area contributed by atoms with Gasteiger partial charge in [0.05, 0.1) is 12.3 Å². The van der Waals surface area contributed by atoms with Gasteiger partial charge in [-0.2, -0.15) is 0 Å². The first-order valence-electron chi connectivity index (χ1n) is 9.91. The molecule has 0 atom stereocenters. The van der Waals surface area contributed by atoms with Crippen molar-refractivity contribution in [2.24, 2.45) is 5.92 Å². The van der Waals surface area contributed by atoms with Crippen LogP contribution in [0.2, 0.25) is 0 Å². The van der Waals surface area contributed by atoms with Gasteiger partial charge in [-0.3, -0.25) is 9.36 Å². The number of nitrogens with one attached hydrogen (secondary N) is 1. The topological polar surface area (TPSA) is 92.9 Å². The van der Waals surface area contributed by atoms with Crippen LogP contribution in [0.15, 0.2) is 12.3 Å². The highest BCUT2D eigenvalue weighted by Crippen LogP contribution is 2.62. The van der Waals surface area contributed by atoms with E-state index in [2.05, 4.69) is 27.4 Å². The minimum absolute atomic E-state index is 0.0543. The maximum Gasteiger partial charge on any atom is 0.205 e. The highest BCUT2D eigenvalue weighted by Gasteiger charge is 2.58. The number of nitrogens with zero attached hydrogens (tertiary/aromatic N) is 4. The molecule has 2 aliphatic carbocycles. The summed E-state index contributed by atoms with van der Waals surface area (Å²) in [5.41, 5.74) is 1.60. The Bertz CT molecular complexity index is 852. The molecule has 2 aromatic rings. The minimum Gasteiger partial charge on any atom is -0.392 e. The molecule has 2 saturated carbocycles. The molecule has 2 aliphatic rings. The van der Waals surface area contributed by atoms with Gasteiger partial charge in [-0.05, 0) is 49.7 Å². The van der Waals surface area contributed by atoms with Crippen molar-refractivity contribution in [1.82, 2.24) is 19.7 Å². The van der Waals surface area contributed by atoms with E-state index >= 15 is 0 Å². The summed E-state index contributed by atoms with van der Waals surface area (Å²) in [6.07, 6.45) is 8.41. The second kappa shape index (κ2) is 7.03. The zero-order valence-corrected chi connectivity index (χ0v) is 16.0. The van der Waals surface area contributed by atoms with Gasteiger partial charge in [-0.25, -0.2) is 4.98 Å². The number of rotatable bonds is 9. The third-order valence-electron chi connectivity index (χ3n) is 5.73. The number of carbonyl (C=O) groups excluding carboxylic acids is 1. The monoisotopic (exact) mass is 369 g/mol. The van der Waals surface area contributed by atoms with E-state index in [9.17, 15) is 9.90 Å². The van der Waals surface area contributed by atoms with Gasteiger partial charge >= 0.3 is 0 Å². The van der Waals surface area contributed by atoms with E-state index in [1.165, 1.54) is 19.8 Å². The summed E-state index contributed by atoms with van der Waals surface area (Å²) < 4.78 is 1.86. The zero-order valence-electron chi connectivity index (χ0n) is 16.0. The minimum atomic E-state index is -0.118. The van der Waals surface area contributed by atoms with E-state index in [1.54, 1.807) is 6.20 Å². The second-order valence-corrected chi connectivity index (χ2v) is 7.82. The van der Waals surface area contributed by atoms with Gasteiger partial charge in [-0.1, -0.05) is 13.3 Å². The molecule has 0 aromatic carbocycles. The number of carbonyl (C=O) groups is 1. The van der Waals surface area contributed by atoms with E-state index in [0.717, 1.165) is 49.3 Å². The fourth-order valence-corrected chi connectivity index (χ4v) is 3.92. The molecule has 4 rings (SSSR count). The lowest BCUT2D eigenvalue weighted by Crippen LogP contribution is -2.20. The fourth-order valence-electron chi connectivity index (χ4n) is 3.92. The molecule has 7 nitrogen and oxygen atoms in total. The van der Waals surface area contributed by atoms with E-state index in [4.69, 9.17) is 0 Å². The first-order chi connectivity index (χ1) is 13.1. The maximum atomic E-state index is 12.3. The Labute approximate surface area is 159 Å². The lowest BCUT2D eigenvalue weighted by Gasteiger charge is -2.19. The Kier molecular flexibility index (Phi) is 4.72. The molecule has 7 heteroatoms. The summed E-state index contributed by atoms with van der Waals surface area (Å²) in [4.78, 5) is 16.9. The van der Waals surface area contributed by atoms with Crippen molar-refractivity contribution in [3.63, 3.8) is 0 Å². The SMILES string of the molecule is CCCCNc1cc(CO)cnc1-n1c(C(C)=O)nnc1C1(C2CC2)CC1. The molecule has 0 spiro atoms. The summed E-state index contributed by atoms with van der Waals surface area (Å²) in [6, 6.07) is 1.91. The van der Waals surface area contributed by atoms with Crippen molar-refractivity contribution in [2.45, 2.75) is 64.4 Å². The van der Waals surface area contributed by atoms with Gasteiger partial charge in [0, 0.05) is 25.1 Å². The van der Waals surface area contributed by atoms with E-state index in [0.29, 0.717) is 17.6 Å². The van der Waals surface area contributed by atoms with Crippen LogP contribution in [0, 0.1) is 5.92 Å². The molecule has 0 bridgehead atoms. The van der Waals surface area contributed by atoms with Gasteiger partial charge in [0.25, 0.3) is 0 Å². The van der Waals surface area contributed by atoms with E-state index < -0.39 is 0 Å². The van der Waals surface area contributed by atoms with Crippen LogP contribution in [0.4, 0.5) is 5.69 Å². The smallest absolute Gasteiger partial charge is 0.205 e. The number of hydrogen-bond acceptors (Lipinski definition) is 6. The molecule has 2 heterocycles. The number of aromatic nitrogens is 4. The first kappa shape index (κ1) is 18.1. The number of hydrogen-bond donors (Lipinski definition) is 2. The molecule has 0 unspecified atom stereocenters. The maximum absolute atomic E-state index is 12.3. The van der Waals surface area contributed by atoms with Gasteiger partial charge in [0.15, 0.2) is 11.6 Å². The van der Waals surface area contributed by atoms with Crippen LogP contribution in [0.25, 0.3) is 5.82 Å². The van der Waals surface area contributed by atoms with Crippen LogP contribution in [0.1, 0.15) is 74.4 Å². The number of unbranched alkanes of at least 4 members (excludes halogenated alkanes) is 1. The number of ketones is 1. The number of aliphatic hydroxyl groups excluding tert-OH is 1. The van der Waals surface area contributed by atoms with Gasteiger partial charge in [0.1, 0.15) is 5.82 Å². The van der Waals surface area contributed by atoms with Gasteiger partial charge < -0.3 is 10.4 Å². The number of Topliss-reactive ketones (excluding diaryl/α,β-unsaturated/α-hetero) is 1. The number of anilines is 1. The van der Waals surface area contributed by atoms with Crippen LogP contribution in [-0.4, -0.2) is 37.2 Å².